The van der Waals surface area contributed by atoms with E-state index in [-0.39, 0.29) is 6.04 Å². The number of aliphatic carboxylic acids is 2. The van der Waals surface area contributed by atoms with Crippen molar-refractivity contribution in [1.29, 1.82) is 0 Å². The Morgan fingerprint density at radius 2 is 2.00 bits per heavy atom. The maximum Gasteiger partial charge on any atom is 0.326 e. The minimum absolute atomic E-state index is 0.297. The first kappa shape index (κ1) is 15.5. The first-order valence-electron chi connectivity index (χ1n) is 5.87. The lowest BCUT2D eigenvalue weighted by Gasteiger charge is -2.17. The van der Waals surface area contributed by atoms with E-state index in [2.05, 4.69) is 15.7 Å². The average Bonchev–Trinajstić information content (AvgIpc) is 2.79. The summed E-state index contributed by atoms with van der Waals surface area (Å²) in [6, 6.07) is -0.767. The van der Waals surface area contributed by atoms with Crippen molar-refractivity contribution in [2.24, 2.45) is 0 Å². The molecule has 1 heterocycles. The molecule has 4 N–H and O–H groups in total. The van der Waals surface area contributed by atoms with E-state index in [0.717, 1.165) is 0 Å². The van der Waals surface area contributed by atoms with Crippen molar-refractivity contribution < 1.29 is 24.6 Å². The first-order valence-corrected chi connectivity index (χ1v) is 5.87. The topological polar surface area (TPSA) is 134 Å². The van der Waals surface area contributed by atoms with Crippen LogP contribution in [0.3, 0.4) is 0 Å². The van der Waals surface area contributed by atoms with Gasteiger partial charge in [-0.1, -0.05) is 0 Å². The second-order valence-electron chi connectivity index (χ2n) is 4.24. The maximum absolute atomic E-state index is 11.6. The molecule has 2 atom stereocenters. The zero-order valence-corrected chi connectivity index (χ0v) is 10.8. The van der Waals surface area contributed by atoms with E-state index in [0.29, 0.717) is 6.54 Å². The average molecular weight is 284 g/mol. The van der Waals surface area contributed by atoms with Crippen LogP contribution in [0.2, 0.25) is 0 Å². The molecule has 0 saturated heterocycles. The second-order valence-corrected chi connectivity index (χ2v) is 4.24. The van der Waals surface area contributed by atoms with Gasteiger partial charge in [-0.2, -0.15) is 5.10 Å². The van der Waals surface area contributed by atoms with E-state index in [4.69, 9.17) is 10.2 Å². The molecule has 0 aliphatic heterocycles. The molecule has 0 aliphatic rings. The molecule has 20 heavy (non-hydrogen) atoms. The number of aromatic nitrogens is 2. The standard InChI is InChI=1S/C11H16N4O5/c1-7(6-15-4-2-3-12-15)13-11(20)14-8(10(18)19)5-9(16)17/h2-4,7-8H,5-6H2,1H3,(H,16,17)(H,18,19)(H2,13,14,20)/t7?,8-/m0/s1. The van der Waals surface area contributed by atoms with E-state index < -0.39 is 30.4 Å². The molecular formula is C11H16N4O5. The van der Waals surface area contributed by atoms with Gasteiger partial charge in [-0.15, -0.1) is 0 Å². The van der Waals surface area contributed by atoms with Crippen molar-refractivity contribution in [2.75, 3.05) is 0 Å². The van der Waals surface area contributed by atoms with Crippen molar-refractivity contribution in [3.8, 4) is 0 Å². The van der Waals surface area contributed by atoms with Crippen molar-refractivity contribution >= 4 is 18.0 Å². The highest BCUT2D eigenvalue weighted by molar-refractivity contribution is 5.86. The van der Waals surface area contributed by atoms with Gasteiger partial charge in [0.2, 0.25) is 0 Å². The fourth-order valence-electron chi connectivity index (χ4n) is 1.53. The van der Waals surface area contributed by atoms with Crippen LogP contribution < -0.4 is 10.6 Å². The number of carboxylic acid groups (broad SMARTS) is 2. The normalized spacial score (nSPS) is 13.2. The second kappa shape index (κ2) is 7.12. The van der Waals surface area contributed by atoms with Crippen LogP contribution in [-0.2, 0) is 16.1 Å². The fraction of sp³-hybridized carbons (Fsp3) is 0.455. The van der Waals surface area contributed by atoms with Crippen LogP contribution in [0, 0.1) is 0 Å². The Kier molecular flexibility index (Phi) is 5.51. The zero-order valence-electron chi connectivity index (χ0n) is 10.8. The van der Waals surface area contributed by atoms with Gasteiger partial charge in [0, 0.05) is 18.4 Å². The van der Waals surface area contributed by atoms with Gasteiger partial charge in [0.25, 0.3) is 0 Å². The van der Waals surface area contributed by atoms with Gasteiger partial charge in [0.05, 0.1) is 13.0 Å². The summed E-state index contributed by atoms with van der Waals surface area (Å²) in [6.07, 6.45) is 2.64. The summed E-state index contributed by atoms with van der Waals surface area (Å²) in [5, 5.41) is 25.9. The molecule has 0 spiro atoms. The van der Waals surface area contributed by atoms with Crippen LogP contribution in [0.5, 0.6) is 0 Å². The molecule has 1 rings (SSSR count). The first-order chi connectivity index (χ1) is 9.38. The zero-order chi connectivity index (χ0) is 15.1. The monoisotopic (exact) mass is 284 g/mol. The van der Waals surface area contributed by atoms with Gasteiger partial charge in [0.1, 0.15) is 6.04 Å². The summed E-state index contributed by atoms with van der Waals surface area (Å²) in [7, 11) is 0. The number of urea groups is 1. The highest BCUT2D eigenvalue weighted by Crippen LogP contribution is 1.94. The molecule has 2 amide bonds. The van der Waals surface area contributed by atoms with Crippen molar-refractivity contribution in [3.05, 3.63) is 18.5 Å². The van der Waals surface area contributed by atoms with E-state index in [1.54, 1.807) is 30.1 Å². The van der Waals surface area contributed by atoms with Gasteiger partial charge < -0.3 is 20.8 Å². The van der Waals surface area contributed by atoms with Crippen molar-refractivity contribution in [1.82, 2.24) is 20.4 Å². The number of rotatable bonds is 7. The smallest absolute Gasteiger partial charge is 0.326 e. The molecule has 0 aliphatic carbocycles. The molecule has 0 radical (unpaired) electrons. The summed E-state index contributed by atoms with van der Waals surface area (Å²) in [5.74, 6) is -2.70. The van der Waals surface area contributed by atoms with Crippen molar-refractivity contribution in [2.45, 2.75) is 32.0 Å². The molecule has 0 fully saturated rings. The lowest BCUT2D eigenvalue weighted by Crippen LogP contribution is -2.49. The highest BCUT2D eigenvalue weighted by atomic mass is 16.4. The largest absolute Gasteiger partial charge is 0.481 e. The molecule has 0 aromatic carbocycles. The number of nitrogens with zero attached hydrogens (tertiary/aromatic N) is 2. The van der Waals surface area contributed by atoms with Crippen LogP contribution in [0.1, 0.15) is 13.3 Å². The van der Waals surface area contributed by atoms with Gasteiger partial charge in [-0.3, -0.25) is 9.48 Å². The molecule has 1 aromatic rings. The third kappa shape index (κ3) is 5.38. The molecule has 1 aromatic heterocycles. The van der Waals surface area contributed by atoms with Gasteiger partial charge in [0.15, 0.2) is 0 Å². The van der Waals surface area contributed by atoms with Crippen molar-refractivity contribution in [3.63, 3.8) is 0 Å². The Bertz CT molecular complexity index is 473. The van der Waals surface area contributed by atoms with Gasteiger partial charge >= 0.3 is 18.0 Å². The molecule has 0 saturated carbocycles. The van der Waals surface area contributed by atoms with E-state index >= 15 is 0 Å². The molecule has 9 heteroatoms. The number of hydrogen-bond donors (Lipinski definition) is 4. The van der Waals surface area contributed by atoms with Crippen LogP contribution in [0.4, 0.5) is 4.79 Å². The molecule has 110 valence electrons. The fourth-order valence-corrected chi connectivity index (χ4v) is 1.53. The third-order valence-corrected chi connectivity index (χ3v) is 2.38. The Morgan fingerprint density at radius 1 is 1.30 bits per heavy atom. The predicted octanol–water partition coefficient (Wildman–Crippen LogP) is -0.501. The molecule has 0 bridgehead atoms. The minimum Gasteiger partial charge on any atom is -0.481 e. The Balaban J connectivity index is 2.44. The van der Waals surface area contributed by atoms with Crippen LogP contribution >= 0.6 is 0 Å². The van der Waals surface area contributed by atoms with E-state index in [1.807, 2.05) is 0 Å². The Labute approximate surface area is 114 Å². The highest BCUT2D eigenvalue weighted by Gasteiger charge is 2.23. The predicted molar refractivity (Wildman–Crippen MR) is 67.0 cm³/mol. The molecule has 9 nitrogen and oxygen atoms in total. The quantitative estimate of drug-likeness (QED) is 0.533. The number of carbonyl (C=O) groups excluding carboxylic acids is 1. The summed E-state index contributed by atoms with van der Waals surface area (Å²) in [4.78, 5) is 32.8. The van der Waals surface area contributed by atoms with E-state index in [1.165, 1.54) is 0 Å². The lowest BCUT2D eigenvalue weighted by atomic mass is 10.2. The number of carbonyl (C=O) groups is 3. The number of nitrogens with one attached hydrogen (secondary N) is 2. The molecular weight excluding hydrogens is 268 g/mol. The summed E-state index contributed by atoms with van der Waals surface area (Å²) in [5.41, 5.74) is 0. The Morgan fingerprint density at radius 3 is 2.50 bits per heavy atom. The third-order valence-electron chi connectivity index (χ3n) is 2.38. The van der Waals surface area contributed by atoms with Gasteiger partial charge in [-0.25, -0.2) is 9.59 Å². The number of amides is 2. The number of carboxylic acids is 2. The maximum atomic E-state index is 11.6. The van der Waals surface area contributed by atoms with Crippen LogP contribution in [0.15, 0.2) is 18.5 Å². The minimum atomic E-state index is -1.47. The summed E-state index contributed by atoms with van der Waals surface area (Å²) < 4.78 is 1.61. The molecule has 1 unspecified atom stereocenters. The lowest BCUT2D eigenvalue weighted by molar-refractivity contribution is -0.145. The number of hydrogen-bond acceptors (Lipinski definition) is 4. The summed E-state index contributed by atoms with van der Waals surface area (Å²) >= 11 is 0. The van der Waals surface area contributed by atoms with E-state index in [9.17, 15) is 14.4 Å². The SMILES string of the molecule is CC(Cn1cccn1)NC(=O)N[C@@H](CC(=O)O)C(=O)O. The van der Waals surface area contributed by atoms with Crippen LogP contribution in [0.25, 0.3) is 0 Å². The van der Waals surface area contributed by atoms with Gasteiger partial charge in [-0.05, 0) is 13.0 Å². The van der Waals surface area contributed by atoms with Crippen LogP contribution in [-0.4, -0.2) is 50.0 Å². The Hall–Kier alpha value is -2.58. The summed E-state index contributed by atoms with van der Waals surface area (Å²) in [6.45, 7) is 2.13.